The number of carbonyl (C=O) groups excluding carboxylic acids is 1. The molecular formula is C19H29BN2O5. The minimum Gasteiger partial charge on any atom is -0.492 e. The van der Waals surface area contributed by atoms with E-state index in [1.54, 1.807) is 17.3 Å². The molecule has 1 amide bonds. The Morgan fingerprint density at radius 2 is 1.81 bits per heavy atom. The summed E-state index contributed by atoms with van der Waals surface area (Å²) in [6.45, 7) is 14.8. The Morgan fingerprint density at radius 3 is 2.41 bits per heavy atom. The van der Waals surface area contributed by atoms with Crippen LogP contribution in [0.4, 0.5) is 4.79 Å². The molecule has 1 saturated heterocycles. The highest BCUT2D eigenvalue weighted by Gasteiger charge is 2.53. The highest BCUT2D eigenvalue weighted by Crippen LogP contribution is 2.37. The molecule has 3 rings (SSSR count). The third-order valence-corrected chi connectivity index (χ3v) is 5.13. The third kappa shape index (κ3) is 4.06. The fourth-order valence-electron chi connectivity index (χ4n) is 2.96. The zero-order valence-corrected chi connectivity index (χ0v) is 17.3. The first-order chi connectivity index (χ1) is 12.4. The van der Waals surface area contributed by atoms with Gasteiger partial charge in [0.1, 0.15) is 18.0 Å². The van der Waals surface area contributed by atoms with Gasteiger partial charge in [-0.25, -0.2) is 4.79 Å². The fraction of sp³-hybridized carbons (Fsp3) is 0.684. The van der Waals surface area contributed by atoms with Gasteiger partial charge in [0, 0.05) is 23.4 Å². The zero-order chi connectivity index (χ0) is 20.0. The molecule has 27 heavy (non-hydrogen) atoms. The van der Waals surface area contributed by atoms with Gasteiger partial charge in [-0.05, 0) is 48.5 Å². The van der Waals surface area contributed by atoms with E-state index in [4.69, 9.17) is 18.8 Å². The van der Waals surface area contributed by atoms with E-state index >= 15 is 0 Å². The molecule has 0 atom stereocenters. The summed E-state index contributed by atoms with van der Waals surface area (Å²) in [4.78, 5) is 18.4. The highest BCUT2D eigenvalue weighted by atomic mass is 16.7. The van der Waals surface area contributed by atoms with E-state index in [0.717, 1.165) is 11.0 Å². The van der Waals surface area contributed by atoms with E-state index in [2.05, 4.69) is 4.98 Å². The molecule has 3 heterocycles. The molecule has 0 unspecified atom stereocenters. The summed E-state index contributed by atoms with van der Waals surface area (Å²) >= 11 is 0. The molecule has 2 aliphatic rings. The van der Waals surface area contributed by atoms with Crippen LogP contribution in [0.3, 0.4) is 0 Å². The van der Waals surface area contributed by atoms with Gasteiger partial charge in [0.25, 0.3) is 0 Å². The van der Waals surface area contributed by atoms with Crippen LogP contribution in [-0.2, 0) is 20.6 Å². The van der Waals surface area contributed by atoms with Crippen molar-refractivity contribution in [3.8, 4) is 5.75 Å². The summed E-state index contributed by atoms with van der Waals surface area (Å²) in [6.07, 6.45) is 3.07. The Balaban J connectivity index is 1.85. The lowest BCUT2D eigenvalue weighted by Crippen LogP contribution is -2.41. The standard InChI is InChI=1S/C19H29BN2O5/c1-17(2,3)25-16(23)22-8-9-24-15-13(12-22)10-21-11-14(15)20-26-18(4,5)19(6,7)27-20/h10-11H,8-9,12H2,1-7H3. The number of nitrogens with zero attached hydrogens (tertiary/aromatic N) is 2. The number of hydrogen-bond acceptors (Lipinski definition) is 6. The lowest BCUT2D eigenvalue weighted by molar-refractivity contribution is 0.00578. The summed E-state index contributed by atoms with van der Waals surface area (Å²) < 4.78 is 23.8. The summed E-state index contributed by atoms with van der Waals surface area (Å²) in [6, 6.07) is 0. The molecule has 148 valence electrons. The number of aromatic nitrogens is 1. The molecule has 0 N–H and O–H groups in total. The van der Waals surface area contributed by atoms with Crippen molar-refractivity contribution < 1.29 is 23.6 Å². The maximum absolute atomic E-state index is 12.5. The SMILES string of the molecule is CC(C)(C)OC(=O)N1CCOc2c(cncc2B2OC(C)(C)C(C)(C)O2)C1. The maximum Gasteiger partial charge on any atom is 0.500 e. The molecule has 1 aromatic heterocycles. The van der Waals surface area contributed by atoms with Crippen molar-refractivity contribution >= 4 is 18.7 Å². The van der Waals surface area contributed by atoms with Gasteiger partial charge in [0.05, 0.1) is 24.3 Å². The van der Waals surface area contributed by atoms with Crippen LogP contribution in [0.15, 0.2) is 12.4 Å². The monoisotopic (exact) mass is 376 g/mol. The first kappa shape index (κ1) is 20.0. The molecule has 1 aromatic rings. The maximum atomic E-state index is 12.5. The molecule has 0 radical (unpaired) electrons. The molecule has 1 fully saturated rings. The van der Waals surface area contributed by atoms with Crippen molar-refractivity contribution in [2.45, 2.75) is 71.8 Å². The van der Waals surface area contributed by atoms with Gasteiger partial charge in [0.2, 0.25) is 0 Å². The molecule has 7 nitrogen and oxygen atoms in total. The number of rotatable bonds is 1. The third-order valence-electron chi connectivity index (χ3n) is 5.13. The summed E-state index contributed by atoms with van der Waals surface area (Å²) in [5.74, 6) is 0.676. The normalized spacial score (nSPS) is 21.3. The smallest absolute Gasteiger partial charge is 0.492 e. The van der Waals surface area contributed by atoms with Gasteiger partial charge in [-0.15, -0.1) is 0 Å². The average molecular weight is 376 g/mol. The predicted molar refractivity (Wildman–Crippen MR) is 102 cm³/mol. The van der Waals surface area contributed by atoms with Crippen LogP contribution in [0.2, 0.25) is 0 Å². The van der Waals surface area contributed by atoms with E-state index in [0.29, 0.717) is 25.4 Å². The first-order valence-electron chi connectivity index (χ1n) is 9.33. The topological polar surface area (TPSA) is 70.1 Å². The highest BCUT2D eigenvalue weighted by molar-refractivity contribution is 6.63. The van der Waals surface area contributed by atoms with Crippen molar-refractivity contribution in [3.63, 3.8) is 0 Å². The van der Waals surface area contributed by atoms with Gasteiger partial charge in [-0.3, -0.25) is 4.98 Å². The van der Waals surface area contributed by atoms with E-state index in [1.807, 2.05) is 48.5 Å². The number of carbonyl (C=O) groups is 1. The fourth-order valence-corrected chi connectivity index (χ4v) is 2.96. The Morgan fingerprint density at radius 1 is 1.19 bits per heavy atom. The van der Waals surface area contributed by atoms with Crippen molar-refractivity contribution in [3.05, 3.63) is 18.0 Å². The average Bonchev–Trinajstić information content (AvgIpc) is 2.68. The van der Waals surface area contributed by atoms with Crippen LogP contribution >= 0.6 is 0 Å². The molecule has 8 heteroatoms. The molecule has 0 bridgehead atoms. The number of ether oxygens (including phenoxy) is 2. The van der Waals surface area contributed by atoms with Crippen LogP contribution in [-0.4, -0.2) is 53.1 Å². The Kier molecular flexibility index (Phi) is 4.93. The lowest BCUT2D eigenvalue weighted by atomic mass is 9.78. The Labute approximate surface area is 161 Å². The number of hydrogen-bond donors (Lipinski definition) is 0. The minimum absolute atomic E-state index is 0.361. The Hall–Kier alpha value is -1.80. The van der Waals surface area contributed by atoms with Gasteiger partial charge in [0.15, 0.2) is 0 Å². The number of amides is 1. The van der Waals surface area contributed by atoms with Gasteiger partial charge < -0.3 is 23.7 Å². The molecule has 0 aromatic carbocycles. The van der Waals surface area contributed by atoms with Crippen molar-refractivity contribution in [1.29, 1.82) is 0 Å². The molecule has 0 spiro atoms. The molecule has 0 aliphatic carbocycles. The van der Waals surface area contributed by atoms with E-state index in [9.17, 15) is 4.79 Å². The summed E-state index contributed by atoms with van der Waals surface area (Å²) in [7, 11) is -0.564. The second-order valence-corrected chi connectivity index (χ2v) is 9.06. The van der Waals surface area contributed by atoms with Crippen LogP contribution in [0.1, 0.15) is 54.0 Å². The quantitative estimate of drug-likeness (QED) is 0.702. The largest absolute Gasteiger partial charge is 0.500 e. The molecule has 0 saturated carbocycles. The van der Waals surface area contributed by atoms with E-state index in [-0.39, 0.29) is 6.09 Å². The van der Waals surface area contributed by atoms with Crippen LogP contribution in [0, 0.1) is 0 Å². The predicted octanol–water partition coefficient (Wildman–Crippen LogP) is 2.51. The van der Waals surface area contributed by atoms with E-state index in [1.165, 1.54) is 0 Å². The minimum atomic E-state index is -0.564. The van der Waals surface area contributed by atoms with Gasteiger partial charge >= 0.3 is 13.2 Å². The van der Waals surface area contributed by atoms with Crippen molar-refractivity contribution in [2.75, 3.05) is 13.2 Å². The Bertz CT molecular complexity index is 713. The van der Waals surface area contributed by atoms with Crippen LogP contribution in [0.25, 0.3) is 0 Å². The number of pyridine rings is 1. The van der Waals surface area contributed by atoms with Gasteiger partial charge in [-0.2, -0.15) is 0 Å². The zero-order valence-electron chi connectivity index (χ0n) is 17.3. The van der Waals surface area contributed by atoms with Crippen LogP contribution < -0.4 is 10.2 Å². The summed E-state index contributed by atoms with van der Waals surface area (Å²) in [5, 5.41) is 0. The number of fused-ring (bicyclic) bond motifs is 1. The molecular weight excluding hydrogens is 347 g/mol. The summed E-state index contributed by atoms with van der Waals surface area (Å²) in [5.41, 5.74) is 0.111. The van der Waals surface area contributed by atoms with Crippen molar-refractivity contribution in [2.24, 2.45) is 0 Å². The molecule has 2 aliphatic heterocycles. The second kappa shape index (κ2) is 6.67. The van der Waals surface area contributed by atoms with Crippen LogP contribution in [0.5, 0.6) is 5.75 Å². The second-order valence-electron chi connectivity index (χ2n) is 9.06. The lowest BCUT2D eigenvalue weighted by Gasteiger charge is -2.32. The first-order valence-corrected chi connectivity index (χ1v) is 9.33. The van der Waals surface area contributed by atoms with Crippen molar-refractivity contribution in [1.82, 2.24) is 9.88 Å². The van der Waals surface area contributed by atoms with Gasteiger partial charge in [-0.1, -0.05) is 0 Å². The van der Waals surface area contributed by atoms with E-state index < -0.39 is 23.9 Å².